The highest BCUT2D eigenvalue weighted by atomic mass is 16.1. The van der Waals surface area contributed by atoms with Gasteiger partial charge in [0.05, 0.1) is 0 Å². The molecule has 5 fully saturated rings. The Labute approximate surface area is 116 Å². The van der Waals surface area contributed by atoms with Gasteiger partial charge in [0.2, 0.25) is 0 Å². The van der Waals surface area contributed by atoms with Crippen LogP contribution in [0.4, 0.5) is 0 Å². The van der Waals surface area contributed by atoms with Crippen LogP contribution in [0.2, 0.25) is 0 Å². The second-order valence-electron chi connectivity index (χ2n) is 7.77. The summed E-state index contributed by atoms with van der Waals surface area (Å²) in [5, 5.41) is 3.55. The van der Waals surface area contributed by atoms with Gasteiger partial charge in [-0.1, -0.05) is 6.42 Å². The molecule has 0 spiro atoms. The summed E-state index contributed by atoms with van der Waals surface area (Å²) in [6.07, 6.45) is 11.6. The van der Waals surface area contributed by atoms with Gasteiger partial charge in [-0.3, -0.25) is 4.79 Å². The zero-order chi connectivity index (χ0) is 12.8. The van der Waals surface area contributed by atoms with E-state index in [9.17, 15) is 4.79 Å². The monoisotopic (exact) mass is 261 g/mol. The molecule has 0 aromatic carbocycles. The Morgan fingerprint density at radius 3 is 2.21 bits per heavy atom. The predicted molar refractivity (Wildman–Crippen MR) is 75.8 cm³/mol. The largest absolute Gasteiger partial charge is 0.314 e. The lowest BCUT2D eigenvalue weighted by atomic mass is 9.51. The van der Waals surface area contributed by atoms with E-state index in [1.165, 1.54) is 51.4 Å². The Morgan fingerprint density at radius 1 is 0.947 bits per heavy atom. The Morgan fingerprint density at radius 2 is 1.63 bits per heavy atom. The van der Waals surface area contributed by atoms with E-state index in [0.717, 1.165) is 36.6 Å². The Kier molecular flexibility index (Phi) is 3.17. The van der Waals surface area contributed by atoms with Crippen molar-refractivity contribution in [2.75, 3.05) is 6.54 Å². The minimum atomic E-state index is 0.455. The van der Waals surface area contributed by atoms with Crippen molar-refractivity contribution in [2.45, 2.75) is 63.8 Å². The molecule has 0 radical (unpaired) electrons. The molecule has 5 aliphatic rings. The van der Waals surface area contributed by atoms with Crippen LogP contribution in [-0.4, -0.2) is 18.4 Å². The lowest BCUT2D eigenvalue weighted by Gasteiger charge is -2.54. The summed E-state index contributed by atoms with van der Waals surface area (Å²) >= 11 is 0. The standard InChI is InChI=1S/C17H27NO/c19-16(10-15-3-1-2-4-18-15)17-13-6-11-5-12(8-13)9-14(17)7-11/h11-15,17-18H,1-10H2. The van der Waals surface area contributed by atoms with Gasteiger partial charge in [0.25, 0.3) is 0 Å². The van der Waals surface area contributed by atoms with Crippen molar-refractivity contribution in [3.63, 3.8) is 0 Å². The number of hydrogen-bond donors (Lipinski definition) is 1. The van der Waals surface area contributed by atoms with Crippen LogP contribution in [0.1, 0.15) is 57.8 Å². The summed E-state index contributed by atoms with van der Waals surface area (Å²) in [6.45, 7) is 1.12. The number of nitrogens with one attached hydrogen (secondary N) is 1. The number of carbonyl (C=O) groups is 1. The van der Waals surface area contributed by atoms with Gasteiger partial charge in [-0.25, -0.2) is 0 Å². The van der Waals surface area contributed by atoms with E-state index < -0.39 is 0 Å². The van der Waals surface area contributed by atoms with E-state index in [0.29, 0.717) is 17.7 Å². The van der Waals surface area contributed by atoms with Gasteiger partial charge >= 0.3 is 0 Å². The van der Waals surface area contributed by atoms with E-state index in [1.807, 2.05) is 0 Å². The van der Waals surface area contributed by atoms with Gasteiger partial charge < -0.3 is 5.32 Å². The van der Waals surface area contributed by atoms with Crippen LogP contribution in [0.15, 0.2) is 0 Å². The molecule has 1 heterocycles. The van der Waals surface area contributed by atoms with Crippen molar-refractivity contribution in [3.8, 4) is 0 Å². The Balaban J connectivity index is 1.42. The lowest BCUT2D eigenvalue weighted by molar-refractivity contribution is -0.136. The molecule has 1 saturated heterocycles. The molecule has 0 aromatic rings. The fourth-order valence-corrected chi connectivity index (χ4v) is 5.93. The molecule has 1 N–H and O–H groups in total. The third kappa shape index (κ3) is 2.26. The number of carbonyl (C=O) groups excluding carboxylic acids is 1. The third-order valence-electron chi connectivity index (χ3n) is 6.46. The van der Waals surface area contributed by atoms with Gasteiger partial charge in [0, 0.05) is 18.4 Å². The van der Waals surface area contributed by atoms with E-state index in [-0.39, 0.29) is 0 Å². The highest BCUT2D eigenvalue weighted by Crippen LogP contribution is 2.56. The lowest BCUT2D eigenvalue weighted by Crippen LogP contribution is -2.49. The number of hydrogen-bond acceptors (Lipinski definition) is 2. The summed E-state index contributed by atoms with van der Waals surface area (Å²) in [5.41, 5.74) is 0. The second kappa shape index (κ2) is 4.87. The maximum absolute atomic E-state index is 12.8. The quantitative estimate of drug-likeness (QED) is 0.845. The number of ketones is 1. The summed E-state index contributed by atoms with van der Waals surface area (Å²) < 4.78 is 0. The van der Waals surface area contributed by atoms with E-state index >= 15 is 0 Å². The van der Waals surface area contributed by atoms with E-state index in [1.54, 1.807) is 0 Å². The third-order valence-corrected chi connectivity index (χ3v) is 6.46. The highest BCUT2D eigenvalue weighted by molar-refractivity contribution is 5.82. The normalized spacial score (nSPS) is 48.4. The summed E-state index contributed by atoms with van der Waals surface area (Å²) in [4.78, 5) is 12.8. The molecule has 4 saturated carbocycles. The molecule has 1 unspecified atom stereocenters. The summed E-state index contributed by atoms with van der Waals surface area (Å²) in [6, 6.07) is 0.499. The van der Waals surface area contributed by atoms with Crippen LogP contribution in [0.5, 0.6) is 0 Å². The minimum absolute atomic E-state index is 0.455. The van der Waals surface area contributed by atoms with E-state index in [4.69, 9.17) is 0 Å². The van der Waals surface area contributed by atoms with Crippen LogP contribution in [0, 0.1) is 29.6 Å². The van der Waals surface area contributed by atoms with Crippen LogP contribution in [-0.2, 0) is 4.79 Å². The molecule has 2 heteroatoms. The summed E-state index contributed by atoms with van der Waals surface area (Å²) in [5.74, 6) is 4.59. The average Bonchev–Trinajstić information content (AvgIpc) is 2.38. The topological polar surface area (TPSA) is 29.1 Å². The molecule has 0 amide bonds. The molecule has 5 rings (SSSR count). The van der Waals surface area contributed by atoms with E-state index in [2.05, 4.69) is 5.32 Å². The summed E-state index contributed by atoms with van der Waals surface area (Å²) in [7, 11) is 0. The smallest absolute Gasteiger partial charge is 0.138 e. The average molecular weight is 261 g/mol. The van der Waals surface area contributed by atoms with Crippen LogP contribution in [0.25, 0.3) is 0 Å². The number of rotatable bonds is 3. The molecule has 1 atom stereocenters. The van der Waals surface area contributed by atoms with Crippen LogP contribution in [0.3, 0.4) is 0 Å². The first-order chi connectivity index (χ1) is 9.29. The molecular formula is C17H27NO. The minimum Gasteiger partial charge on any atom is -0.314 e. The van der Waals surface area contributed by atoms with Gasteiger partial charge in [-0.2, -0.15) is 0 Å². The van der Waals surface area contributed by atoms with Gasteiger partial charge in [-0.15, -0.1) is 0 Å². The van der Waals surface area contributed by atoms with Gasteiger partial charge in [0.15, 0.2) is 0 Å². The van der Waals surface area contributed by atoms with Crippen LogP contribution < -0.4 is 5.32 Å². The SMILES string of the molecule is O=C(CC1CCCCN1)C1C2CC3CC(C2)CC1C3. The zero-order valence-corrected chi connectivity index (χ0v) is 11.9. The van der Waals surface area contributed by atoms with Crippen LogP contribution >= 0.6 is 0 Å². The molecule has 0 aromatic heterocycles. The van der Waals surface area contributed by atoms with Gasteiger partial charge in [-0.05, 0) is 75.2 Å². The number of piperidine rings is 1. The Hall–Kier alpha value is -0.370. The van der Waals surface area contributed by atoms with Crippen molar-refractivity contribution >= 4 is 5.78 Å². The maximum atomic E-state index is 12.8. The molecule has 1 aliphatic heterocycles. The first-order valence-electron chi connectivity index (χ1n) is 8.55. The second-order valence-corrected chi connectivity index (χ2v) is 7.77. The van der Waals surface area contributed by atoms with Gasteiger partial charge in [0.1, 0.15) is 5.78 Å². The van der Waals surface area contributed by atoms with Crippen molar-refractivity contribution < 1.29 is 4.79 Å². The molecular weight excluding hydrogens is 234 g/mol. The number of Topliss-reactive ketones (excluding diaryl/α,β-unsaturated/α-hetero) is 1. The molecule has 4 bridgehead atoms. The zero-order valence-electron chi connectivity index (χ0n) is 11.9. The van der Waals surface area contributed by atoms with Crippen molar-refractivity contribution in [2.24, 2.45) is 29.6 Å². The van der Waals surface area contributed by atoms with Crippen molar-refractivity contribution in [3.05, 3.63) is 0 Å². The molecule has 2 nitrogen and oxygen atoms in total. The van der Waals surface area contributed by atoms with Crippen molar-refractivity contribution in [1.82, 2.24) is 5.32 Å². The highest BCUT2D eigenvalue weighted by Gasteiger charge is 2.50. The predicted octanol–water partition coefficient (Wildman–Crippen LogP) is 3.16. The Bertz CT molecular complexity index is 330. The maximum Gasteiger partial charge on any atom is 0.138 e. The molecule has 4 aliphatic carbocycles. The molecule has 106 valence electrons. The first-order valence-corrected chi connectivity index (χ1v) is 8.55. The molecule has 19 heavy (non-hydrogen) atoms. The fourth-order valence-electron chi connectivity index (χ4n) is 5.93. The first kappa shape index (κ1) is 12.4. The van der Waals surface area contributed by atoms with Crippen molar-refractivity contribution in [1.29, 1.82) is 0 Å². The fraction of sp³-hybridized carbons (Fsp3) is 0.941.